The van der Waals surface area contributed by atoms with Crippen LogP contribution in [0.4, 0.5) is 0 Å². The zero-order valence-electron chi connectivity index (χ0n) is 22.4. The van der Waals surface area contributed by atoms with Crippen molar-refractivity contribution >= 4 is 46.5 Å². The molecule has 0 atom stereocenters. The Labute approximate surface area is 222 Å². The second kappa shape index (κ2) is 13.3. The van der Waals surface area contributed by atoms with Gasteiger partial charge in [-0.25, -0.2) is 0 Å². The molecule has 2 fully saturated rings. The molecule has 10 heteroatoms. The van der Waals surface area contributed by atoms with Crippen molar-refractivity contribution in [2.45, 2.75) is 60.8 Å². The number of nitrogens with zero attached hydrogens (tertiary/aromatic N) is 4. The standard InChI is InChI=1S/C25H44N4O4S2/c1-7-26-16-20(30)28(22(26)34)18-24(3,4)10-14-32-12-9-13-33-15-11-25(5,6)19-29-21(31)17-27(8-2)23(29)35/h7-19H2,1-6H3. The van der Waals surface area contributed by atoms with Crippen LogP contribution < -0.4 is 0 Å². The monoisotopic (exact) mass is 528 g/mol. The molecular formula is C25H44N4O4S2. The van der Waals surface area contributed by atoms with Gasteiger partial charge >= 0.3 is 0 Å². The van der Waals surface area contributed by atoms with Gasteiger partial charge < -0.3 is 19.3 Å². The van der Waals surface area contributed by atoms with E-state index in [1.807, 2.05) is 23.6 Å². The van der Waals surface area contributed by atoms with Gasteiger partial charge in [-0.3, -0.25) is 19.4 Å². The average Bonchev–Trinajstić information content (AvgIpc) is 3.21. The maximum Gasteiger partial charge on any atom is 0.248 e. The topological polar surface area (TPSA) is 65.6 Å². The third kappa shape index (κ3) is 8.91. The molecule has 0 radical (unpaired) electrons. The Balaban J connectivity index is 1.55. The number of likely N-dealkylation sites (N-methyl/N-ethyl adjacent to an activating group) is 2. The second-order valence-electron chi connectivity index (χ2n) is 11.0. The number of hydrogen-bond acceptors (Lipinski definition) is 6. The molecule has 2 aliphatic rings. The SMILES string of the molecule is CCN1CC(=O)N(CC(C)(C)CCOCCCOCCC(C)(C)CN2C(=O)CN(CC)C2=S)C1=S. The van der Waals surface area contributed by atoms with E-state index in [1.165, 1.54) is 0 Å². The van der Waals surface area contributed by atoms with Crippen LogP contribution in [0.2, 0.25) is 0 Å². The first kappa shape index (κ1) is 29.9. The summed E-state index contributed by atoms with van der Waals surface area (Å²) >= 11 is 10.9. The predicted octanol–water partition coefficient (Wildman–Crippen LogP) is 3.14. The van der Waals surface area contributed by atoms with Crippen LogP contribution in [0.5, 0.6) is 0 Å². The fourth-order valence-electron chi connectivity index (χ4n) is 4.17. The minimum Gasteiger partial charge on any atom is -0.381 e. The molecule has 0 unspecified atom stereocenters. The van der Waals surface area contributed by atoms with Crippen LogP contribution in [0.3, 0.4) is 0 Å². The second-order valence-corrected chi connectivity index (χ2v) is 11.7. The summed E-state index contributed by atoms with van der Waals surface area (Å²) in [5.74, 6) is 0.174. The van der Waals surface area contributed by atoms with Crippen LogP contribution in [0.15, 0.2) is 0 Å². The molecular weight excluding hydrogens is 484 g/mol. The van der Waals surface area contributed by atoms with Crippen LogP contribution >= 0.6 is 24.4 Å². The van der Waals surface area contributed by atoms with Gasteiger partial charge in [0.25, 0.3) is 0 Å². The normalized spacial score (nSPS) is 17.5. The van der Waals surface area contributed by atoms with Crippen molar-refractivity contribution in [2.75, 3.05) is 65.7 Å². The first-order valence-corrected chi connectivity index (χ1v) is 13.6. The number of rotatable bonds is 16. The third-order valence-electron chi connectivity index (χ3n) is 6.62. The zero-order valence-corrected chi connectivity index (χ0v) is 24.1. The number of amides is 2. The van der Waals surface area contributed by atoms with E-state index in [1.54, 1.807) is 9.80 Å². The van der Waals surface area contributed by atoms with Gasteiger partial charge in [-0.2, -0.15) is 0 Å². The largest absolute Gasteiger partial charge is 0.381 e. The molecule has 0 bridgehead atoms. The highest BCUT2D eigenvalue weighted by molar-refractivity contribution is 7.80. The van der Waals surface area contributed by atoms with Crippen molar-refractivity contribution in [3.05, 3.63) is 0 Å². The fraction of sp³-hybridized carbons (Fsp3) is 0.840. The molecule has 200 valence electrons. The highest BCUT2D eigenvalue weighted by Gasteiger charge is 2.36. The van der Waals surface area contributed by atoms with Crippen LogP contribution in [0.1, 0.15) is 60.8 Å². The number of carbonyl (C=O) groups excluding carboxylic acids is 2. The minimum absolute atomic E-state index is 0.0707. The van der Waals surface area contributed by atoms with E-state index < -0.39 is 0 Å². The minimum atomic E-state index is -0.0707. The molecule has 0 aromatic heterocycles. The van der Waals surface area contributed by atoms with Crippen molar-refractivity contribution in [1.29, 1.82) is 0 Å². The summed E-state index contributed by atoms with van der Waals surface area (Å²) < 4.78 is 11.6. The van der Waals surface area contributed by atoms with E-state index in [9.17, 15) is 9.59 Å². The molecule has 0 saturated carbocycles. The Morgan fingerprint density at radius 3 is 1.40 bits per heavy atom. The van der Waals surface area contributed by atoms with Gasteiger partial charge in [-0.15, -0.1) is 0 Å². The summed E-state index contributed by atoms with van der Waals surface area (Å²) in [6.07, 6.45) is 2.54. The maximum absolute atomic E-state index is 12.3. The van der Waals surface area contributed by atoms with Crippen molar-refractivity contribution < 1.29 is 19.1 Å². The lowest BCUT2D eigenvalue weighted by Crippen LogP contribution is -2.40. The molecule has 2 rings (SSSR count). The van der Waals surface area contributed by atoms with E-state index in [-0.39, 0.29) is 22.6 Å². The molecule has 0 aromatic carbocycles. The van der Waals surface area contributed by atoms with Gasteiger partial charge in [-0.1, -0.05) is 27.7 Å². The summed E-state index contributed by atoms with van der Waals surface area (Å²) in [4.78, 5) is 31.9. The summed E-state index contributed by atoms with van der Waals surface area (Å²) in [6.45, 7) is 18.7. The van der Waals surface area contributed by atoms with Crippen molar-refractivity contribution in [2.24, 2.45) is 10.8 Å². The number of ether oxygens (including phenoxy) is 2. The van der Waals surface area contributed by atoms with Gasteiger partial charge in [0, 0.05) is 52.6 Å². The van der Waals surface area contributed by atoms with Crippen LogP contribution in [-0.4, -0.2) is 107 Å². The lowest BCUT2D eigenvalue weighted by atomic mass is 9.89. The Bertz CT molecular complexity index is 713. The number of thiocarbonyl (C=S) groups is 2. The van der Waals surface area contributed by atoms with E-state index in [0.29, 0.717) is 62.8 Å². The molecule has 2 amide bonds. The average molecular weight is 529 g/mol. The molecule has 0 aliphatic carbocycles. The van der Waals surface area contributed by atoms with E-state index in [0.717, 1.165) is 32.4 Å². The first-order chi connectivity index (χ1) is 16.4. The molecule has 8 nitrogen and oxygen atoms in total. The van der Waals surface area contributed by atoms with Gasteiger partial charge in [0.2, 0.25) is 11.8 Å². The van der Waals surface area contributed by atoms with Crippen LogP contribution in [0.25, 0.3) is 0 Å². The molecule has 2 aliphatic heterocycles. The highest BCUT2D eigenvalue weighted by atomic mass is 32.1. The predicted molar refractivity (Wildman–Crippen MR) is 146 cm³/mol. The summed E-state index contributed by atoms with van der Waals surface area (Å²) in [7, 11) is 0. The lowest BCUT2D eigenvalue weighted by molar-refractivity contribution is -0.126. The van der Waals surface area contributed by atoms with Gasteiger partial charge in [-0.05, 0) is 68.4 Å². The molecule has 2 saturated heterocycles. The molecule has 0 N–H and O–H groups in total. The van der Waals surface area contributed by atoms with E-state index in [2.05, 4.69) is 27.7 Å². The summed E-state index contributed by atoms with van der Waals surface area (Å²) in [5.41, 5.74) is -0.141. The highest BCUT2D eigenvalue weighted by Crippen LogP contribution is 2.26. The molecule has 2 heterocycles. The first-order valence-electron chi connectivity index (χ1n) is 12.7. The van der Waals surface area contributed by atoms with Crippen molar-refractivity contribution in [3.8, 4) is 0 Å². The Morgan fingerprint density at radius 2 is 1.09 bits per heavy atom. The van der Waals surface area contributed by atoms with E-state index >= 15 is 0 Å². The van der Waals surface area contributed by atoms with Crippen molar-refractivity contribution in [1.82, 2.24) is 19.6 Å². The Kier molecular flexibility index (Phi) is 11.3. The Morgan fingerprint density at radius 1 is 0.714 bits per heavy atom. The Hall–Kier alpha value is -1.36. The zero-order chi connectivity index (χ0) is 26.2. The quantitative estimate of drug-likeness (QED) is 0.224. The fourth-order valence-corrected chi connectivity index (χ4v) is 4.89. The third-order valence-corrected chi connectivity index (χ3v) is 7.57. The molecule has 0 aromatic rings. The van der Waals surface area contributed by atoms with E-state index in [4.69, 9.17) is 33.9 Å². The lowest BCUT2D eigenvalue weighted by Gasteiger charge is -2.30. The van der Waals surface area contributed by atoms with Gasteiger partial charge in [0.15, 0.2) is 10.2 Å². The summed E-state index contributed by atoms with van der Waals surface area (Å²) in [5, 5.41) is 1.29. The molecule has 35 heavy (non-hydrogen) atoms. The van der Waals surface area contributed by atoms with Crippen molar-refractivity contribution in [3.63, 3.8) is 0 Å². The summed E-state index contributed by atoms with van der Waals surface area (Å²) in [6, 6.07) is 0. The number of carbonyl (C=O) groups is 2. The van der Waals surface area contributed by atoms with Crippen LogP contribution in [0, 0.1) is 10.8 Å². The van der Waals surface area contributed by atoms with Gasteiger partial charge in [0.1, 0.15) is 0 Å². The maximum atomic E-state index is 12.3. The van der Waals surface area contributed by atoms with Gasteiger partial charge in [0.05, 0.1) is 13.1 Å². The smallest absolute Gasteiger partial charge is 0.248 e. The number of hydrogen-bond donors (Lipinski definition) is 0. The molecule has 0 spiro atoms. The van der Waals surface area contributed by atoms with Crippen LogP contribution in [-0.2, 0) is 19.1 Å².